The third kappa shape index (κ3) is 2.79. The molecule has 0 saturated heterocycles. The van der Waals surface area contributed by atoms with E-state index >= 15 is 0 Å². The summed E-state index contributed by atoms with van der Waals surface area (Å²) in [6.07, 6.45) is 0. The van der Waals surface area contributed by atoms with Crippen molar-refractivity contribution >= 4 is 5.97 Å². The number of rotatable bonds is 2. The summed E-state index contributed by atoms with van der Waals surface area (Å²) >= 11 is 0. The van der Waals surface area contributed by atoms with Crippen molar-refractivity contribution in [1.29, 1.82) is 0 Å². The van der Waals surface area contributed by atoms with Crippen LogP contribution < -0.4 is 17.0 Å². The van der Waals surface area contributed by atoms with Crippen LogP contribution in [0.15, 0.2) is 0 Å². The number of hydrogen-bond donors (Lipinski definition) is 1. The maximum absolute atomic E-state index is 10.7. The zero-order valence-electron chi connectivity index (χ0n) is 7.68. The fourth-order valence-electron chi connectivity index (χ4n) is 0.287. The molecule has 1 N–H and O–H groups in total. The predicted molar refractivity (Wildman–Crippen MR) is 39.7 cm³/mol. The van der Waals surface area contributed by atoms with Gasteiger partial charge in [0.25, 0.3) is 0 Å². The molecule has 0 fully saturated rings. The van der Waals surface area contributed by atoms with Gasteiger partial charge < -0.3 is 26.6 Å². The lowest BCUT2D eigenvalue weighted by molar-refractivity contribution is -0.909. The van der Waals surface area contributed by atoms with Crippen LogP contribution in [0.4, 0.5) is 0 Å². The van der Waals surface area contributed by atoms with Crippen molar-refractivity contribution in [2.75, 3.05) is 21.1 Å². The lowest BCUT2D eigenvalue weighted by Crippen LogP contribution is -3.00. The molecule has 68 valence electrons. The summed E-state index contributed by atoms with van der Waals surface area (Å²) in [6, 6.07) is 0. The molecule has 0 heterocycles. The van der Waals surface area contributed by atoms with Gasteiger partial charge in [-0.15, -0.1) is 0 Å². The molecule has 0 bridgehead atoms. The standard InChI is InChI=1S/C7H15NO2.BrH/c1-7(2,6(9)10)8(3,4)5;/h1-5H3;1H. The van der Waals surface area contributed by atoms with Crippen LogP contribution in [0.3, 0.4) is 0 Å². The second-order valence-electron chi connectivity index (χ2n) is 3.88. The number of carbonyl (C=O) groups is 1. The van der Waals surface area contributed by atoms with E-state index in [-0.39, 0.29) is 17.0 Å². The normalized spacial score (nSPS) is 12.1. The Balaban J connectivity index is 0. The first-order valence-corrected chi connectivity index (χ1v) is 3.24. The van der Waals surface area contributed by atoms with E-state index in [0.29, 0.717) is 4.48 Å². The first-order chi connectivity index (χ1) is 4.19. The first-order valence-electron chi connectivity index (χ1n) is 3.24. The van der Waals surface area contributed by atoms with Crippen LogP contribution in [0.5, 0.6) is 0 Å². The molecule has 0 saturated carbocycles. The fraction of sp³-hybridized carbons (Fsp3) is 0.857. The van der Waals surface area contributed by atoms with E-state index in [0.717, 1.165) is 0 Å². The Labute approximate surface area is 78.4 Å². The van der Waals surface area contributed by atoms with Gasteiger partial charge in [-0.25, -0.2) is 4.79 Å². The predicted octanol–water partition coefficient (Wildman–Crippen LogP) is -2.44. The van der Waals surface area contributed by atoms with E-state index in [1.165, 1.54) is 0 Å². The molecule has 0 rings (SSSR count). The van der Waals surface area contributed by atoms with Crippen molar-refractivity contribution in [2.45, 2.75) is 19.4 Å². The minimum Gasteiger partial charge on any atom is -1.00 e. The quantitative estimate of drug-likeness (QED) is 0.531. The molecule has 3 nitrogen and oxygen atoms in total. The Morgan fingerprint density at radius 1 is 1.27 bits per heavy atom. The van der Waals surface area contributed by atoms with Crippen molar-refractivity contribution in [1.82, 2.24) is 0 Å². The molecular weight excluding hydrogens is 210 g/mol. The Morgan fingerprint density at radius 3 is 1.55 bits per heavy atom. The van der Waals surface area contributed by atoms with E-state index < -0.39 is 11.5 Å². The Bertz CT molecular complexity index is 149. The lowest BCUT2D eigenvalue weighted by atomic mass is 10.0. The van der Waals surface area contributed by atoms with Gasteiger partial charge in [0.1, 0.15) is 0 Å². The second-order valence-corrected chi connectivity index (χ2v) is 3.88. The molecule has 0 amide bonds. The zero-order valence-corrected chi connectivity index (χ0v) is 9.27. The number of aliphatic carboxylic acids is 1. The molecule has 0 aliphatic heterocycles. The third-order valence-electron chi connectivity index (χ3n) is 2.20. The molecule has 0 aliphatic carbocycles. The summed E-state index contributed by atoms with van der Waals surface area (Å²) < 4.78 is 0.433. The van der Waals surface area contributed by atoms with Gasteiger partial charge in [-0.3, -0.25) is 0 Å². The van der Waals surface area contributed by atoms with Crippen molar-refractivity contribution < 1.29 is 31.4 Å². The zero-order chi connectivity index (χ0) is 8.58. The Morgan fingerprint density at radius 2 is 1.55 bits per heavy atom. The second kappa shape index (κ2) is 3.54. The number of halogens is 1. The highest BCUT2D eigenvalue weighted by Gasteiger charge is 2.40. The molecule has 0 aromatic carbocycles. The van der Waals surface area contributed by atoms with Crippen LogP contribution in [-0.4, -0.2) is 42.2 Å². The number of carboxylic acids is 1. The van der Waals surface area contributed by atoms with Gasteiger partial charge in [-0.2, -0.15) is 0 Å². The molecule has 0 aromatic heterocycles. The highest BCUT2D eigenvalue weighted by molar-refractivity contribution is 5.76. The number of carboxylic acid groups (broad SMARTS) is 1. The largest absolute Gasteiger partial charge is 1.00 e. The van der Waals surface area contributed by atoms with Gasteiger partial charge in [-0.1, -0.05) is 0 Å². The minimum atomic E-state index is -0.764. The average molecular weight is 226 g/mol. The topological polar surface area (TPSA) is 37.3 Å². The van der Waals surface area contributed by atoms with E-state index in [9.17, 15) is 4.79 Å². The van der Waals surface area contributed by atoms with Gasteiger partial charge in [-0.05, 0) is 0 Å². The van der Waals surface area contributed by atoms with Crippen molar-refractivity contribution in [2.24, 2.45) is 0 Å². The van der Waals surface area contributed by atoms with Crippen molar-refractivity contribution in [3.63, 3.8) is 0 Å². The van der Waals surface area contributed by atoms with Crippen LogP contribution in [0, 0.1) is 0 Å². The van der Waals surface area contributed by atoms with E-state index in [1.807, 2.05) is 21.1 Å². The van der Waals surface area contributed by atoms with Gasteiger partial charge in [0.05, 0.1) is 21.1 Å². The first kappa shape index (κ1) is 13.5. The molecule has 0 radical (unpaired) electrons. The fourth-order valence-corrected chi connectivity index (χ4v) is 0.287. The van der Waals surface area contributed by atoms with Gasteiger partial charge in [0, 0.05) is 13.8 Å². The molecule has 4 heteroatoms. The molecule has 11 heavy (non-hydrogen) atoms. The number of hydrogen-bond acceptors (Lipinski definition) is 1. The van der Waals surface area contributed by atoms with Crippen LogP contribution in [0.25, 0.3) is 0 Å². The van der Waals surface area contributed by atoms with Crippen molar-refractivity contribution in [3.8, 4) is 0 Å². The lowest BCUT2D eigenvalue weighted by Gasteiger charge is -2.37. The highest BCUT2D eigenvalue weighted by atomic mass is 79.9. The smallest absolute Gasteiger partial charge is 0.365 e. The maximum Gasteiger partial charge on any atom is 0.365 e. The molecule has 0 aromatic rings. The number of nitrogens with zero attached hydrogens (tertiary/aromatic N) is 1. The van der Waals surface area contributed by atoms with Crippen LogP contribution in [0.2, 0.25) is 0 Å². The molecule has 0 unspecified atom stereocenters. The Kier molecular flexibility index (Phi) is 4.34. The van der Waals surface area contributed by atoms with Gasteiger partial charge >= 0.3 is 5.97 Å². The number of likely N-dealkylation sites (N-methyl/N-ethyl adjacent to an activating group) is 1. The molecular formula is C7H16BrNO2. The SMILES string of the molecule is CC(C)(C(=O)O)[N+](C)(C)C.[Br-]. The van der Waals surface area contributed by atoms with Crippen molar-refractivity contribution in [3.05, 3.63) is 0 Å². The third-order valence-corrected chi connectivity index (χ3v) is 2.20. The molecule has 0 aliphatic rings. The minimum absolute atomic E-state index is 0. The summed E-state index contributed by atoms with van der Waals surface area (Å²) in [5, 5.41) is 8.76. The maximum atomic E-state index is 10.7. The van der Waals surface area contributed by atoms with Crippen LogP contribution in [-0.2, 0) is 4.79 Å². The van der Waals surface area contributed by atoms with E-state index in [2.05, 4.69) is 0 Å². The van der Waals surface area contributed by atoms with Crippen LogP contribution >= 0.6 is 0 Å². The summed E-state index contributed by atoms with van der Waals surface area (Å²) in [6.45, 7) is 3.44. The molecule has 0 spiro atoms. The van der Waals surface area contributed by atoms with Crippen LogP contribution in [0.1, 0.15) is 13.8 Å². The number of quaternary nitrogens is 1. The highest BCUT2D eigenvalue weighted by Crippen LogP contribution is 2.16. The average Bonchev–Trinajstić information content (AvgIpc) is 1.62. The monoisotopic (exact) mass is 225 g/mol. The summed E-state index contributed by atoms with van der Waals surface area (Å²) in [5.41, 5.74) is -0.708. The van der Waals surface area contributed by atoms with Gasteiger partial charge in [0.15, 0.2) is 5.54 Å². The Hall–Kier alpha value is -0.0900. The van der Waals surface area contributed by atoms with E-state index in [4.69, 9.17) is 5.11 Å². The summed E-state index contributed by atoms with van der Waals surface area (Å²) in [7, 11) is 5.61. The molecule has 0 atom stereocenters. The summed E-state index contributed by atoms with van der Waals surface area (Å²) in [4.78, 5) is 10.7. The van der Waals surface area contributed by atoms with Gasteiger partial charge in [0.2, 0.25) is 0 Å². The van der Waals surface area contributed by atoms with E-state index in [1.54, 1.807) is 13.8 Å². The summed E-state index contributed by atoms with van der Waals surface area (Å²) in [5.74, 6) is -0.764.